The van der Waals surface area contributed by atoms with Crippen LogP contribution in [0.2, 0.25) is 0 Å². The van der Waals surface area contributed by atoms with Crippen molar-refractivity contribution in [3.05, 3.63) is 91.1 Å². The topological polar surface area (TPSA) is 154 Å². The lowest BCUT2D eigenvalue weighted by molar-refractivity contribution is -0.385. The zero-order valence-corrected chi connectivity index (χ0v) is 18.8. The highest BCUT2D eigenvalue weighted by Crippen LogP contribution is 2.26. The van der Waals surface area contributed by atoms with Crippen LogP contribution in [-0.2, 0) is 11.3 Å². The van der Waals surface area contributed by atoms with Gasteiger partial charge in [0.2, 0.25) is 0 Å². The SMILES string of the molecule is CC(C)CN(C(=O)COc1ccccc1[N+](=O)[O-])c1c(N)n(Cc2ccccc2)c(=O)[nH]c1=O. The molecule has 11 heteroatoms. The third-order valence-corrected chi connectivity index (χ3v) is 4.93. The number of aromatic amines is 1. The van der Waals surface area contributed by atoms with Crippen molar-refractivity contribution in [3.63, 3.8) is 0 Å². The van der Waals surface area contributed by atoms with Gasteiger partial charge in [0, 0.05) is 12.6 Å². The van der Waals surface area contributed by atoms with Gasteiger partial charge in [-0.2, -0.15) is 0 Å². The molecule has 0 fully saturated rings. The fourth-order valence-corrected chi connectivity index (χ4v) is 3.39. The highest BCUT2D eigenvalue weighted by atomic mass is 16.6. The summed E-state index contributed by atoms with van der Waals surface area (Å²) in [5, 5.41) is 11.2. The first-order valence-corrected chi connectivity index (χ1v) is 10.5. The average molecular weight is 467 g/mol. The first kappa shape index (κ1) is 24.2. The second-order valence-electron chi connectivity index (χ2n) is 7.98. The summed E-state index contributed by atoms with van der Waals surface area (Å²) in [7, 11) is 0. The fraction of sp³-hybridized carbons (Fsp3) is 0.261. The van der Waals surface area contributed by atoms with Gasteiger partial charge in [0.1, 0.15) is 5.82 Å². The summed E-state index contributed by atoms with van der Waals surface area (Å²) in [4.78, 5) is 52.3. The molecule has 34 heavy (non-hydrogen) atoms. The average Bonchev–Trinajstić information content (AvgIpc) is 2.80. The first-order valence-electron chi connectivity index (χ1n) is 10.5. The Kier molecular flexibility index (Phi) is 7.46. The summed E-state index contributed by atoms with van der Waals surface area (Å²) in [5.41, 5.74) is 5.02. The van der Waals surface area contributed by atoms with Gasteiger partial charge in [0.25, 0.3) is 11.5 Å². The van der Waals surface area contributed by atoms with Crippen LogP contribution in [0.4, 0.5) is 17.2 Å². The standard InChI is InChI=1S/C23H25N5O6/c1-15(2)12-26(19(29)14-34-18-11-7-6-10-17(18)28(32)33)20-21(24)27(23(31)25-22(20)30)13-16-8-4-3-5-9-16/h3-11,15H,12-14,24H2,1-2H3,(H,25,30,31). The molecule has 1 heterocycles. The number of anilines is 2. The van der Waals surface area contributed by atoms with E-state index in [4.69, 9.17) is 10.5 Å². The number of benzene rings is 2. The predicted molar refractivity (Wildman–Crippen MR) is 127 cm³/mol. The molecule has 1 aromatic heterocycles. The molecule has 0 spiro atoms. The van der Waals surface area contributed by atoms with Gasteiger partial charge in [-0.05, 0) is 17.5 Å². The first-order chi connectivity index (χ1) is 16.2. The van der Waals surface area contributed by atoms with E-state index in [1.807, 2.05) is 19.9 Å². The number of aromatic nitrogens is 2. The van der Waals surface area contributed by atoms with Crippen molar-refractivity contribution < 1.29 is 14.5 Å². The van der Waals surface area contributed by atoms with E-state index in [-0.39, 0.29) is 41.9 Å². The van der Waals surface area contributed by atoms with Crippen LogP contribution in [0.1, 0.15) is 19.4 Å². The molecule has 0 saturated carbocycles. The van der Waals surface area contributed by atoms with Crippen LogP contribution in [0.5, 0.6) is 5.75 Å². The molecule has 0 saturated heterocycles. The molecule has 0 aliphatic heterocycles. The number of nitro groups is 1. The Labute approximate surface area is 194 Å². The molecule has 11 nitrogen and oxygen atoms in total. The van der Waals surface area contributed by atoms with Crippen molar-refractivity contribution in [1.29, 1.82) is 0 Å². The zero-order chi connectivity index (χ0) is 24.8. The van der Waals surface area contributed by atoms with Crippen LogP contribution in [0, 0.1) is 16.0 Å². The number of nitrogen functional groups attached to an aromatic ring is 1. The summed E-state index contributed by atoms with van der Waals surface area (Å²) in [6.07, 6.45) is 0. The molecular formula is C23H25N5O6. The lowest BCUT2D eigenvalue weighted by Gasteiger charge is -2.26. The molecule has 3 rings (SSSR count). The number of nitrogens with two attached hydrogens (primary N) is 1. The number of carbonyl (C=O) groups excluding carboxylic acids is 1. The quantitative estimate of drug-likeness (QED) is 0.361. The van der Waals surface area contributed by atoms with Crippen LogP contribution < -0.4 is 26.6 Å². The van der Waals surface area contributed by atoms with Gasteiger partial charge >= 0.3 is 11.4 Å². The number of ether oxygens (including phenoxy) is 1. The van der Waals surface area contributed by atoms with Gasteiger partial charge in [-0.25, -0.2) is 4.79 Å². The molecule has 0 bridgehead atoms. The molecule has 3 aromatic rings. The summed E-state index contributed by atoms with van der Waals surface area (Å²) >= 11 is 0. The molecule has 0 aliphatic carbocycles. The maximum atomic E-state index is 13.1. The van der Waals surface area contributed by atoms with Crippen LogP contribution >= 0.6 is 0 Å². The van der Waals surface area contributed by atoms with Gasteiger partial charge in [-0.15, -0.1) is 0 Å². The Hall–Kier alpha value is -4.41. The highest BCUT2D eigenvalue weighted by molar-refractivity contribution is 5.96. The van der Waals surface area contributed by atoms with Crippen LogP contribution in [0.25, 0.3) is 0 Å². The predicted octanol–water partition coefficient (Wildman–Crippen LogP) is 2.14. The van der Waals surface area contributed by atoms with Crippen molar-refractivity contribution in [1.82, 2.24) is 9.55 Å². The number of hydrogen-bond donors (Lipinski definition) is 2. The molecule has 0 aliphatic rings. The van der Waals surface area contributed by atoms with Crippen molar-refractivity contribution in [2.75, 3.05) is 23.8 Å². The number of nitro benzene ring substituents is 1. The Morgan fingerprint density at radius 1 is 1.15 bits per heavy atom. The number of hydrogen-bond acceptors (Lipinski definition) is 7. The lowest BCUT2D eigenvalue weighted by atomic mass is 10.2. The number of H-pyrrole nitrogens is 1. The van der Waals surface area contributed by atoms with Crippen molar-refractivity contribution in [3.8, 4) is 5.75 Å². The largest absolute Gasteiger partial charge is 0.477 e. The minimum absolute atomic E-state index is 0.0664. The van der Waals surface area contributed by atoms with Crippen LogP contribution in [0.3, 0.4) is 0 Å². The maximum absolute atomic E-state index is 13.1. The Morgan fingerprint density at radius 2 is 1.79 bits per heavy atom. The Balaban J connectivity index is 1.97. The van der Waals surface area contributed by atoms with Gasteiger partial charge in [-0.3, -0.25) is 29.3 Å². The number of amides is 1. The number of rotatable bonds is 9. The number of para-hydroxylation sites is 2. The summed E-state index contributed by atoms with van der Waals surface area (Å²) in [6.45, 7) is 3.30. The van der Waals surface area contributed by atoms with E-state index in [1.54, 1.807) is 30.3 Å². The summed E-state index contributed by atoms with van der Waals surface area (Å²) in [6, 6.07) is 14.7. The lowest BCUT2D eigenvalue weighted by Crippen LogP contribution is -2.44. The molecule has 2 aromatic carbocycles. The van der Waals surface area contributed by atoms with Gasteiger partial charge in [0.15, 0.2) is 18.0 Å². The second-order valence-corrected chi connectivity index (χ2v) is 7.98. The molecule has 178 valence electrons. The smallest absolute Gasteiger partial charge is 0.330 e. The van der Waals surface area contributed by atoms with Crippen LogP contribution in [0.15, 0.2) is 64.2 Å². The third-order valence-electron chi connectivity index (χ3n) is 4.93. The second kappa shape index (κ2) is 10.5. The Bertz CT molecular complexity index is 1300. The van der Waals surface area contributed by atoms with E-state index < -0.39 is 28.7 Å². The molecule has 0 unspecified atom stereocenters. The van der Waals surface area contributed by atoms with Crippen molar-refractivity contribution in [2.45, 2.75) is 20.4 Å². The molecule has 0 atom stereocenters. The molecule has 0 radical (unpaired) electrons. The van der Waals surface area contributed by atoms with Gasteiger partial charge < -0.3 is 15.4 Å². The molecule has 3 N–H and O–H groups in total. The van der Waals surface area contributed by atoms with E-state index in [2.05, 4.69) is 4.98 Å². The zero-order valence-electron chi connectivity index (χ0n) is 18.8. The highest BCUT2D eigenvalue weighted by Gasteiger charge is 2.26. The number of carbonyl (C=O) groups is 1. The number of nitrogens with one attached hydrogen (secondary N) is 1. The third kappa shape index (κ3) is 5.49. The van der Waals surface area contributed by atoms with Crippen molar-refractivity contribution >= 4 is 23.1 Å². The van der Waals surface area contributed by atoms with E-state index in [0.29, 0.717) is 0 Å². The minimum atomic E-state index is -0.813. The minimum Gasteiger partial charge on any atom is -0.477 e. The summed E-state index contributed by atoms with van der Waals surface area (Å²) < 4.78 is 6.60. The van der Waals surface area contributed by atoms with Crippen molar-refractivity contribution in [2.24, 2.45) is 5.92 Å². The van der Waals surface area contributed by atoms with Gasteiger partial charge in [0.05, 0.1) is 11.5 Å². The van der Waals surface area contributed by atoms with E-state index in [0.717, 1.165) is 10.5 Å². The number of nitrogens with zero attached hydrogens (tertiary/aromatic N) is 3. The Morgan fingerprint density at radius 3 is 2.44 bits per heavy atom. The fourth-order valence-electron chi connectivity index (χ4n) is 3.39. The van der Waals surface area contributed by atoms with Gasteiger partial charge in [-0.1, -0.05) is 56.3 Å². The van der Waals surface area contributed by atoms with E-state index in [9.17, 15) is 24.5 Å². The van der Waals surface area contributed by atoms with E-state index in [1.165, 1.54) is 22.8 Å². The summed E-state index contributed by atoms with van der Waals surface area (Å²) in [5.74, 6) is -0.962. The van der Waals surface area contributed by atoms with Crippen LogP contribution in [-0.4, -0.2) is 33.5 Å². The normalized spacial score (nSPS) is 10.8. The van der Waals surface area contributed by atoms with E-state index >= 15 is 0 Å². The maximum Gasteiger partial charge on any atom is 0.330 e. The molecule has 1 amide bonds. The monoisotopic (exact) mass is 467 g/mol. The molecular weight excluding hydrogens is 442 g/mol.